The van der Waals surface area contributed by atoms with Crippen molar-refractivity contribution in [1.29, 1.82) is 0 Å². The molecule has 0 aliphatic carbocycles. The van der Waals surface area contributed by atoms with Crippen molar-refractivity contribution >= 4 is 17.4 Å². The molecule has 3 aliphatic heterocycles. The standard InChI is InChI=1S/C10H15NO5S/c1-10(2)15-7-5(12)6(14-8(7)16-10)4-3-13-9(17)11-4/h4-8,12H,3H2,1-2H3,(H,11,17)/t4-,5-,6-,7-,8-/m1/s1. The summed E-state index contributed by atoms with van der Waals surface area (Å²) >= 11 is 4.87. The van der Waals surface area contributed by atoms with Crippen LogP contribution in [0, 0.1) is 0 Å². The van der Waals surface area contributed by atoms with Crippen molar-refractivity contribution in [3.8, 4) is 0 Å². The summed E-state index contributed by atoms with van der Waals surface area (Å²) < 4.78 is 22.0. The molecule has 0 aromatic carbocycles. The number of thiocarbonyl (C=S) groups is 1. The van der Waals surface area contributed by atoms with Crippen molar-refractivity contribution in [2.45, 2.75) is 50.3 Å². The maximum Gasteiger partial charge on any atom is 0.257 e. The summed E-state index contributed by atoms with van der Waals surface area (Å²) in [6.07, 6.45) is -2.16. The number of rotatable bonds is 1. The molecule has 3 aliphatic rings. The van der Waals surface area contributed by atoms with Crippen molar-refractivity contribution in [2.75, 3.05) is 6.61 Å². The van der Waals surface area contributed by atoms with Crippen LogP contribution in [0.4, 0.5) is 0 Å². The number of fused-ring (bicyclic) bond motifs is 1. The molecule has 0 unspecified atom stereocenters. The third kappa shape index (κ3) is 1.92. The topological polar surface area (TPSA) is 69.2 Å². The van der Waals surface area contributed by atoms with Gasteiger partial charge in [0.25, 0.3) is 5.17 Å². The molecule has 5 atom stereocenters. The van der Waals surface area contributed by atoms with Gasteiger partial charge in [0.1, 0.15) is 24.9 Å². The van der Waals surface area contributed by atoms with E-state index in [1.807, 2.05) is 0 Å². The van der Waals surface area contributed by atoms with Gasteiger partial charge in [0, 0.05) is 0 Å². The van der Waals surface area contributed by atoms with Crippen molar-refractivity contribution in [2.24, 2.45) is 0 Å². The number of nitrogens with one attached hydrogen (secondary N) is 1. The lowest BCUT2D eigenvalue weighted by Gasteiger charge is -2.25. The lowest BCUT2D eigenvalue weighted by atomic mass is 10.0. The molecule has 3 heterocycles. The summed E-state index contributed by atoms with van der Waals surface area (Å²) in [4.78, 5) is 0. The molecule has 6 nitrogen and oxygen atoms in total. The predicted molar refractivity (Wildman–Crippen MR) is 60.2 cm³/mol. The number of aliphatic hydroxyl groups excluding tert-OH is 1. The molecule has 0 bridgehead atoms. The third-order valence-electron chi connectivity index (χ3n) is 3.15. The zero-order chi connectivity index (χ0) is 12.2. The average Bonchev–Trinajstić information content (AvgIpc) is 2.83. The minimum absolute atomic E-state index is 0.154. The fourth-order valence-electron chi connectivity index (χ4n) is 2.43. The Morgan fingerprint density at radius 1 is 1.35 bits per heavy atom. The second-order valence-electron chi connectivity index (χ2n) is 4.91. The van der Waals surface area contributed by atoms with Crippen molar-refractivity contribution in [3.05, 3.63) is 0 Å². The van der Waals surface area contributed by atoms with E-state index in [2.05, 4.69) is 5.32 Å². The van der Waals surface area contributed by atoms with Crippen LogP contribution in [0.1, 0.15) is 13.8 Å². The molecule has 0 spiro atoms. The molecule has 0 radical (unpaired) electrons. The van der Waals surface area contributed by atoms with E-state index in [9.17, 15) is 5.11 Å². The zero-order valence-corrected chi connectivity index (χ0v) is 10.4. The normalized spacial score (nSPS) is 47.7. The van der Waals surface area contributed by atoms with E-state index < -0.39 is 30.4 Å². The van der Waals surface area contributed by atoms with Gasteiger partial charge in [-0.1, -0.05) is 0 Å². The Kier molecular flexibility index (Phi) is 2.57. The van der Waals surface area contributed by atoms with Gasteiger partial charge in [0.15, 0.2) is 12.1 Å². The second-order valence-corrected chi connectivity index (χ2v) is 5.28. The Hall–Kier alpha value is -0.470. The molecule has 0 amide bonds. The monoisotopic (exact) mass is 261 g/mol. The van der Waals surface area contributed by atoms with E-state index in [1.54, 1.807) is 13.8 Å². The summed E-state index contributed by atoms with van der Waals surface area (Å²) in [6.45, 7) is 3.98. The molecule has 96 valence electrons. The number of ether oxygens (including phenoxy) is 4. The molecule has 7 heteroatoms. The van der Waals surface area contributed by atoms with Crippen LogP contribution in [0.25, 0.3) is 0 Å². The van der Waals surface area contributed by atoms with Gasteiger partial charge in [-0.25, -0.2) is 0 Å². The van der Waals surface area contributed by atoms with Gasteiger partial charge in [-0.15, -0.1) is 0 Å². The highest BCUT2D eigenvalue weighted by atomic mass is 32.1. The van der Waals surface area contributed by atoms with Crippen LogP contribution in [0.3, 0.4) is 0 Å². The van der Waals surface area contributed by atoms with Gasteiger partial charge in [-0.2, -0.15) is 0 Å². The summed E-state index contributed by atoms with van der Waals surface area (Å²) in [5.41, 5.74) is 0. The SMILES string of the molecule is CC1(C)O[C@H]2O[C@H]([C@H]3COC(=S)N3)[C@@H](O)[C@H]2O1. The Balaban J connectivity index is 1.70. The average molecular weight is 261 g/mol. The predicted octanol–water partition coefficient (Wildman–Crippen LogP) is -0.503. The summed E-state index contributed by atoms with van der Waals surface area (Å²) in [6, 6.07) is -0.154. The Morgan fingerprint density at radius 2 is 2.12 bits per heavy atom. The second kappa shape index (κ2) is 3.76. The van der Waals surface area contributed by atoms with E-state index in [4.69, 9.17) is 31.2 Å². The smallest absolute Gasteiger partial charge is 0.257 e. The lowest BCUT2D eigenvalue weighted by molar-refractivity contribution is -0.217. The Morgan fingerprint density at radius 3 is 2.71 bits per heavy atom. The Labute approximate surface area is 104 Å². The molecule has 3 saturated heterocycles. The highest BCUT2D eigenvalue weighted by Gasteiger charge is 2.56. The first-order valence-corrected chi connectivity index (χ1v) is 5.99. The van der Waals surface area contributed by atoms with E-state index in [0.29, 0.717) is 11.8 Å². The van der Waals surface area contributed by atoms with Crippen LogP contribution in [0.2, 0.25) is 0 Å². The summed E-state index contributed by atoms with van der Waals surface area (Å²) in [5.74, 6) is -0.712. The van der Waals surface area contributed by atoms with E-state index >= 15 is 0 Å². The fourth-order valence-corrected chi connectivity index (χ4v) is 2.65. The first-order chi connectivity index (χ1) is 7.96. The van der Waals surface area contributed by atoms with Gasteiger partial charge in [0.2, 0.25) is 0 Å². The third-order valence-corrected chi connectivity index (χ3v) is 3.38. The highest BCUT2D eigenvalue weighted by molar-refractivity contribution is 7.80. The van der Waals surface area contributed by atoms with Gasteiger partial charge in [-0.05, 0) is 26.1 Å². The molecular formula is C10H15NO5S. The fraction of sp³-hybridized carbons (Fsp3) is 0.900. The van der Waals surface area contributed by atoms with E-state index in [0.717, 1.165) is 0 Å². The molecule has 3 fully saturated rings. The van der Waals surface area contributed by atoms with Crippen LogP contribution in [0.5, 0.6) is 0 Å². The van der Waals surface area contributed by atoms with Gasteiger partial charge >= 0.3 is 0 Å². The van der Waals surface area contributed by atoms with Crippen molar-refractivity contribution in [1.82, 2.24) is 5.32 Å². The maximum atomic E-state index is 10.2. The minimum atomic E-state index is -0.747. The van der Waals surface area contributed by atoms with Crippen LogP contribution in [-0.4, -0.2) is 53.3 Å². The molecular weight excluding hydrogens is 246 g/mol. The number of hydrogen-bond donors (Lipinski definition) is 2. The van der Waals surface area contributed by atoms with Gasteiger partial charge in [0.05, 0.1) is 6.04 Å². The number of aliphatic hydroxyl groups is 1. The molecule has 0 aromatic heterocycles. The van der Waals surface area contributed by atoms with Crippen LogP contribution in [-0.2, 0) is 18.9 Å². The molecule has 0 saturated carbocycles. The van der Waals surface area contributed by atoms with Gasteiger partial charge < -0.3 is 29.4 Å². The Bertz CT molecular complexity index is 350. The lowest BCUT2D eigenvalue weighted by Crippen LogP contribution is -2.46. The summed E-state index contributed by atoms with van der Waals surface area (Å²) in [5, 5.41) is 13.5. The molecule has 0 aromatic rings. The number of hydrogen-bond acceptors (Lipinski definition) is 6. The van der Waals surface area contributed by atoms with Crippen LogP contribution >= 0.6 is 12.2 Å². The highest BCUT2D eigenvalue weighted by Crippen LogP contribution is 2.38. The first-order valence-electron chi connectivity index (χ1n) is 5.59. The molecule has 17 heavy (non-hydrogen) atoms. The van der Waals surface area contributed by atoms with E-state index in [1.165, 1.54) is 0 Å². The molecule has 2 N–H and O–H groups in total. The van der Waals surface area contributed by atoms with Crippen LogP contribution in [0.15, 0.2) is 0 Å². The molecule has 3 rings (SSSR count). The van der Waals surface area contributed by atoms with E-state index in [-0.39, 0.29) is 6.04 Å². The van der Waals surface area contributed by atoms with Crippen LogP contribution < -0.4 is 5.32 Å². The first kappa shape index (κ1) is 11.6. The van der Waals surface area contributed by atoms with Crippen molar-refractivity contribution in [3.63, 3.8) is 0 Å². The quantitative estimate of drug-likeness (QED) is 0.616. The van der Waals surface area contributed by atoms with Gasteiger partial charge in [-0.3, -0.25) is 0 Å². The minimum Gasteiger partial charge on any atom is -0.469 e. The zero-order valence-electron chi connectivity index (χ0n) is 9.58. The summed E-state index contributed by atoms with van der Waals surface area (Å²) in [7, 11) is 0. The largest absolute Gasteiger partial charge is 0.469 e. The maximum absolute atomic E-state index is 10.2. The van der Waals surface area contributed by atoms with Crippen molar-refractivity contribution < 1.29 is 24.1 Å².